The monoisotopic (exact) mass is 1410 g/mol. The normalized spacial score (nSPS) is 49.7. The Morgan fingerprint density at radius 1 is 0.606 bits per heavy atom. The molecule has 10 aliphatic rings. The summed E-state index contributed by atoms with van der Waals surface area (Å²) >= 11 is 0. The minimum Gasteiger partial charge on any atom is -0.497 e. The predicted octanol–water partition coefficient (Wildman–Crippen LogP) is -1.00. The predicted molar refractivity (Wildman–Crippen MR) is 335 cm³/mol. The Hall–Kier alpha value is -4.30. The van der Waals surface area contributed by atoms with E-state index < -0.39 is 235 Å². The van der Waals surface area contributed by atoms with Gasteiger partial charge < -0.3 is 133 Å². The summed E-state index contributed by atoms with van der Waals surface area (Å²) < 4.78 is 72.1. The lowest BCUT2D eigenvalue weighted by atomic mass is 9.33. The molecule has 99 heavy (non-hydrogen) atoms. The van der Waals surface area contributed by atoms with Crippen molar-refractivity contribution in [3.05, 3.63) is 47.6 Å². The summed E-state index contributed by atoms with van der Waals surface area (Å²) in [4.78, 5) is 56.2. The SMILES string of the molecule is COc1ccc(C=CC(=O)OC2C(C)OC(OC(=O)C34CCC(C)(C)CC3C3=CCC5[C@@]6(C)CC[C@H](OC7OC(C(=O)O)C(O)C(O)C7OC7OC(CO)C(O)C(O)C7O)[C@@](C)(C=O)C6CC[C@@]5(C)[C@]3(C)C[C@H]4O)C(OC3OC(C)C(O)C(O)C3OC3OCC(O)C(O)C3O)C2O)cc1. The van der Waals surface area contributed by atoms with E-state index in [2.05, 4.69) is 40.7 Å². The number of carboxylic acids is 1. The molecule has 5 aliphatic carbocycles. The number of ether oxygens (including phenoxy) is 12. The van der Waals surface area contributed by atoms with E-state index in [1.165, 1.54) is 27.0 Å². The summed E-state index contributed by atoms with van der Waals surface area (Å²) in [7, 11) is 1.51. The fourth-order valence-electron chi connectivity index (χ4n) is 18.7. The van der Waals surface area contributed by atoms with Gasteiger partial charge in [0.05, 0.1) is 50.2 Å². The molecule has 9 fully saturated rings. The summed E-state index contributed by atoms with van der Waals surface area (Å²) in [5, 5.41) is 155. The molecule has 14 N–H and O–H groups in total. The van der Waals surface area contributed by atoms with Crippen molar-refractivity contribution in [3.63, 3.8) is 0 Å². The number of benzene rings is 1. The van der Waals surface area contributed by atoms with Crippen molar-refractivity contribution in [1.29, 1.82) is 0 Å². The van der Waals surface area contributed by atoms with E-state index in [4.69, 9.17) is 56.8 Å². The second-order valence-electron chi connectivity index (χ2n) is 30.9. The van der Waals surface area contributed by atoms with E-state index in [1.54, 1.807) is 31.2 Å². The molecular formula is C69H100O30. The van der Waals surface area contributed by atoms with Crippen LogP contribution in [0.3, 0.4) is 0 Å². The standard InChI is InChI=1S/C69H100O30/c1-29-42(75)46(79)54(96-58-49(82)43(76)35(72)27-89-58)60(90-29)98-56-51(84)52(94-41(74)17-12-31-10-13-32(88-9)14-11-31)30(2)91-61(56)99-63(87)69-23-22-64(3,4)24-34(69)33-15-16-38-65(5)20-19-40(66(6,28-71)37(65)18-21-67(38,7)68(33,8)25-39(69)73)93-62-55(48(81)47(80)53(95-62)57(85)86)97-59-50(83)45(78)44(77)36(26-70)92-59/h10-15,17,28-30,34-40,42-56,58-62,70,72-73,75-84H,16,18-27H2,1-9H3,(H,85,86)/t29?,30?,34?,35?,36?,37?,38?,39-,40+,42?,43?,44?,45?,46?,47?,48?,49?,50?,51?,52?,53?,54?,55?,56?,58?,59?,60?,61?,62?,65+,66+,67-,68-,69?/m1/s1. The molecular weight excluding hydrogens is 1310 g/mol. The van der Waals surface area contributed by atoms with Crippen molar-refractivity contribution in [2.24, 2.45) is 50.2 Å². The maximum atomic E-state index is 16.0. The van der Waals surface area contributed by atoms with Crippen LogP contribution in [0.25, 0.3) is 6.08 Å². The number of carboxylic acid groups (broad SMARTS) is 1. The maximum absolute atomic E-state index is 16.0. The Morgan fingerprint density at radius 2 is 1.23 bits per heavy atom. The quantitative estimate of drug-likeness (QED) is 0.0292. The molecule has 0 aromatic heterocycles. The van der Waals surface area contributed by atoms with Gasteiger partial charge in [-0.15, -0.1) is 0 Å². The maximum Gasteiger partial charge on any atom is 0.335 e. The van der Waals surface area contributed by atoms with Gasteiger partial charge in [-0.2, -0.15) is 0 Å². The fraction of sp³-hybridized carbons (Fsp3) is 0.797. The number of aliphatic carboxylic acids is 1. The van der Waals surface area contributed by atoms with E-state index in [-0.39, 0.29) is 25.2 Å². The number of hydrogen-bond donors (Lipinski definition) is 14. The Labute approximate surface area is 572 Å². The van der Waals surface area contributed by atoms with Gasteiger partial charge >= 0.3 is 17.9 Å². The van der Waals surface area contributed by atoms with Crippen LogP contribution in [0.5, 0.6) is 5.75 Å². The molecule has 0 bridgehead atoms. The van der Waals surface area contributed by atoms with Crippen molar-refractivity contribution in [2.75, 3.05) is 20.3 Å². The van der Waals surface area contributed by atoms with Crippen LogP contribution in [0.1, 0.15) is 119 Å². The molecule has 4 saturated carbocycles. The van der Waals surface area contributed by atoms with Gasteiger partial charge in [0.15, 0.2) is 43.5 Å². The first-order chi connectivity index (χ1) is 46.5. The van der Waals surface area contributed by atoms with Crippen LogP contribution < -0.4 is 4.74 Å². The first kappa shape index (κ1) is 75.8. The number of allylic oxidation sites excluding steroid dienone is 2. The molecule has 5 saturated heterocycles. The van der Waals surface area contributed by atoms with Gasteiger partial charge in [0.2, 0.25) is 6.29 Å². The van der Waals surface area contributed by atoms with Crippen LogP contribution in [0, 0.1) is 50.2 Å². The summed E-state index contributed by atoms with van der Waals surface area (Å²) in [5.74, 6) is -4.19. The van der Waals surface area contributed by atoms with Crippen LogP contribution in [-0.4, -0.2) is 276 Å². The van der Waals surface area contributed by atoms with Gasteiger partial charge in [-0.3, -0.25) is 4.79 Å². The first-order valence-electron chi connectivity index (χ1n) is 34.3. The van der Waals surface area contributed by atoms with E-state index in [0.717, 1.165) is 17.9 Å². The van der Waals surface area contributed by atoms with Crippen molar-refractivity contribution < 1.29 is 148 Å². The molecule has 0 radical (unpaired) electrons. The minimum atomic E-state index is -2.12. The van der Waals surface area contributed by atoms with Gasteiger partial charge in [0.1, 0.15) is 103 Å². The van der Waals surface area contributed by atoms with Gasteiger partial charge in [0.25, 0.3) is 0 Å². The summed E-state index contributed by atoms with van der Waals surface area (Å²) in [6.45, 7) is 13.9. The zero-order chi connectivity index (χ0) is 72.1. The summed E-state index contributed by atoms with van der Waals surface area (Å²) in [5.41, 5.74) is -3.97. The number of rotatable bonds is 17. The number of aliphatic hydroxyl groups excluding tert-OH is 13. The first-order valence-corrected chi connectivity index (χ1v) is 34.3. The van der Waals surface area contributed by atoms with Crippen molar-refractivity contribution in [2.45, 2.75) is 273 Å². The molecule has 556 valence electrons. The second-order valence-corrected chi connectivity index (χ2v) is 30.9. The van der Waals surface area contributed by atoms with E-state index >= 15 is 4.79 Å². The van der Waals surface area contributed by atoms with Gasteiger partial charge in [0, 0.05) is 6.08 Å². The Kier molecular flexibility index (Phi) is 21.9. The molecule has 5 aliphatic heterocycles. The average Bonchev–Trinajstić information content (AvgIpc) is 0.671. The number of aldehydes is 1. The number of aliphatic hydroxyl groups is 13. The molecule has 30 nitrogen and oxygen atoms in total. The van der Waals surface area contributed by atoms with Crippen molar-refractivity contribution in [3.8, 4) is 5.75 Å². The number of hydrogen-bond acceptors (Lipinski definition) is 29. The fourth-order valence-corrected chi connectivity index (χ4v) is 18.7. The second kappa shape index (κ2) is 28.6. The van der Waals surface area contributed by atoms with E-state index in [9.17, 15) is 85.9 Å². The third-order valence-corrected chi connectivity index (χ3v) is 24.8. The third kappa shape index (κ3) is 13.3. The molecule has 5 heterocycles. The highest BCUT2D eigenvalue weighted by Gasteiger charge is 2.73. The van der Waals surface area contributed by atoms with Gasteiger partial charge in [-0.1, -0.05) is 65.3 Å². The van der Waals surface area contributed by atoms with Crippen LogP contribution in [0.4, 0.5) is 0 Å². The molecule has 11 rings (SSSR count). The topological polar surface area (TPSA) is 462 Å². The molecule has 0 amide bonds. The number of fused-ring (bicyclic) bond motifs is 7. The highest BCUT2D eigenvalue weighted by atomic mass is 16.8. The lowest BCUT2D eigenvalue weighted by Gasteiger charge is -2.71. The van der Waals surface area contributed by atoms with Crippen molar-refractivity contribution in [1.82, 2.24) is 0 Å². The van der Waals surface area contributed by atoms with E-state index in [1.807, 2.05) is 0 Å². The molecule has 1 aromatic rings. The van der Waals surface area contributed by atoms with Gasteiger partial charge in [-0.25, -0.2) is 9.59 Å². The molecule has 0 spiro atoms. The third-order valence-electron chi connectivity index (χ3n) is 24.8. The lowest BCUT2D eigenvalue weighted by molar-refractivity contribution is -0.383. The molecule has 28 unspecified atom stereocenters. The number of carbonyl (C=O) groups is 4. The smallest absolute Gasteiger partial charge is 0.335 e. The Morgan fingerprint density at radius 3 is 1.89 bits per heavy atom. The Bertz CT molecular complexity index is 3110. The van der Waals surface area contributed by atoms with Crippen LogP contribution >= 0.6 is 0 Å². The zero-order valence-corrected chi connectivity index (χ0v) is 56.9. The van der Waals surface area contributed by atoms with Crippen molar-refractivity contribution >= 4 is 30.3 Å². The largest absolute Gasteiger partial charge is 0.497 e. The summed E-state index contributed by atoms with van der Waals surface area (Å²) in [6.07, 6.45) is -36.5. The molecule has 34 atom stereocenters. The summed E-state index contributed by atoms with van der Waals surface area (Å²) in [6, 6.07) is 6.76. The number of methoxy groups -OCH3 is 1. The lowest BCUT2D eigenvalue weighted by Crippen LogP contribution is -2.69. The Balaban J connectivity index is 0.880. The zero-order valence-electron chi connectivity index (χ0n) is 56.9. The number of esters is 2. The van der Waals surface area contributed by atoms with Gasteiger partial charge in [-0.05, 0) is 135 Å². The highest BCUT2D eigenvalue weighted by molar-refractivity contribution is 5.87. The van der Waals surface area contributed by atoms with Crippen LogP contribution in [0.2, 0.25) is 0 Å². The molecule has 30 heteroatoms. The number of carbonyl (C=O) groups excluding carboxylic acids is 3. The van der Waals surface area contributed by atoms with Crippen LogP contribution in [-0.2, 0) is 71.3 Å². The molecule has 1 aromatic carbocycles. The van der Waals surface area contributed by atoms with E-state index in [0.29, 0.717) is 49.8 Å². The van der Waals surface area contributed by atoms with Crippen LogP contribution in [0.15, 0.2) is 42.0 Å². The highest BCUT2D eigenvalue weighted by Crippen LogP contribution is 2.76. The minimum absolute atomic E-state index is 0.0590. The average molecular weight is 1410 g/mol.